The van der Waals surface area contributed by atoms with Gasteiger partial charge in [0.1, 0.15) is 0 Å². The van der Waals surface area contributed by atoms with Gasteiger partial charge >= 0.3 is 0 Å². The lowest BCUT2D eigenvalue weighted by Gasteiger charge is -2.27. The average Bonchev–Trinajstić information content (AvgIpc) is 2.14. The molecule has 1 saturated heterocycles. The molecular weight excluding hydrogens is 374 g/mol. The van der Waals surface area contributed by atoms with Gasteiger partial charge in [0.25, 0.3) is 5.91 Å². The monoisotopic (exact) mass is 386 g/mol. The molecule has 0 unspecified atom stereocenters. The molecule has 1 heterocycles. The third-order valence-corrected chi connectivity index (χ3v) is 3.58. The van der Waals surface area contributed by atoms with Gasteiger partial charge in [0.15, 0.2) is 0 Å². The lowest BCUT2D eigenvalue weighted by molar-refractivity contribution is 0.0942. The molecule has 1 fully saturated rings. The zero-order valence-electron chi connectivity index (χ0n) is 9.00. The van der Waals surface area contributed by atoms with E-state index in [2.05, 4.69) is 33.2 Å². The van der Waals surface area contributed by atoms with Crippen molar-refractivity contribution in [1.82, 2.24) is 10.6 Å². The van der Waals surface area contributed by atoms with Crippen LogP contribution >= 0.6 is 46.6 Å². The molecule has 1 aromatic carbocycles. The molecule has 2 N–H and O–H groups in total. The lowest BCUT2D eigenvalue weighted by atomic mass is 10.0. The molecule has 0 spiro atoms. The quantitative estimate of drug-likeness (QED) is 0.782. The Morgan fingerprint density at radius 1 is 1.53 bits per heavy atom. The molecular formula is C11H13Cl2IN2O. The fourth-order valence-electron chi connectivity index (χ4n) is 1.50. The second-order valence-corrected chi connectivity index (χ2v) is 5.51. The summed E-state index contributed by atoms with van der Waals surface area (Å²) < 4.78 is 1.03. The minimum atomic E-state index is -0.0895. The number of rotatable bonds is 3. The molecule has 1 amide bonds. The van der Waals surface area contributed by atoms with Crippen molar-refractivity contribution in [3.63, 3.8) is 0 Å². The van der Waals surface area contributed by atoms with Crippen molar-refractivity contribution in [2.45, 2.75) is 0 Å². The zero-order chi connectivity index (χ0) is 11.5. The van der Waals surface area contributed by atoms with E-state index < -0.39 is 0 Å². The van der Waals surface area contributed by atoms with Crippen LogP contribution in [0, 0.1) is 9.49 Å². The molecule has 1 aliphatic heterocycles. The summed E-state index contributed by atoms with van der Waals surface area (Å²) in [6.45, 7) is 2.69. The van der Waals surface area contributed by atoms with Gasteiger partial charge in [-0.05, 0) is 40.8 Å². The van der Waals surface area contributed by atoms with Crippen molar-refractivity contribution in [2.75, 3.05) is 19.6 Å². The summed E-state index contributed by atoms with van der Waals surface area (Å²) in [4.78, 5) is 11.8. The van der Waals surface area contributed by atoms with Gasteiger partial charge in [0.05, 0.1) is 10.6 Å². The van der Waals surface area contributed by atoms with Gasteiger partial charge in [0, 0.05) is 29.1 Å². The van der Waals surface area contributed by atoms with Crippen LogP contribution in [0.4, 0.5) is 0 Å². The van der Waals surface area contributed by atoms with Crippen LogP contribution in [0.2, 0.25) is 5.02 Å². The largest absolute Gasteiger partial charge is 0.352 e. The highest BCUT2D eigenvalue weighted by Gasteiger charge is 2.18. The maximum atomic E-state index is 11.8. The van der Waals surface area contributed by atoms with Gasteiger partial charge in [-0.1, -0.05) is 11.6 Å². The Morgan fingerprint density at radius 3 is 2.76 bits per heavy atom. The van der Waals surface area contributed by atoms with Crippen molar-refractivity contribution in [2.24, 2.45) is 5.92 Å². The van der Waals surface area contributed by atoms with E-state index in [-0.39, 0.29) is 18.3 Å². The Morgan fingerprint density at radius 2 is 2.24 bits per heavy atom. The van der Waals surface area contributed by atoms with Gasteiger partial charge < -0.3 is 10.6 Å². The molecule has 2 rings (SSSR count). The number of carbonyl (C=O) groups is 1. The first-order valence-corrected chi connectivity index (χ1v) is 6.56. The molecule has 0 aliphatic carbocycles. The smallest absolute Gasteiger partial charge is 0.252 e. The Hall–Kier alpha value is -0.0400. The third-order valence-electron chi connectivity index (χ3n) is 2.59. The van der Waals surface area contributed by atoms with Crippen LogP contribution in [-0.2, 0) is 0 Å². The molecule has 1 aliphatic rings. The van der Waals surface area contributed by atoms with Crippen LogP contribution in [-0.4, -0.2) is 25.5 Å². The molecule has 17 heavy (non-hydrogen) atoms. The Kier molecular flexibility index (Phi) is 5.99. The summed E-state index contributed by atoms with van der Waals surface area (Å²) in [5, 5.41) is 6.57. The summed E-state index contributed by atoms with van der Waals surface area (Å²) >= 11 is 8.18. The van der Waals surface area contributed by atoms with E-state index in [4.69, 9.17) is 11.6 Å². The van der Waals surface area contributed by atoms with E-state index in [1.54, 1.807) is 12.1 Å². The van der Waals surface area contributed by atoms with Crippen LogP contribution in [0.15, 0.2) is 18.2 Å². The molecule has 0 saturated carbocycles. The van der Waals surface area contributed by atoms with Gasteiger partial charge in [-0.15, -0.1) is 12.4 Å². The molecule has 0 aromatic heterocycles. The number of hydrogen-bond acceptors (Lipinski definition) is 2. The van der Waals surface area contributed by atoms with E-state index in [0.29, 0.717) is 23.0 Å². The fourth-order valence-corrected chi connectivity index (χ4v) is 2.44. The van der Waals surface area contributed by atoms with E-state index in [9.17, 15) is 4.79 Å². The predicted molar refractivity (Wildman–Crippen MR) is 80.1 cm³/mol. The second-order valence-electron chi connectivity index (χ2n) is 3.86. The number of amides is 1. The van der Waals surface area contributed by atoms with Crippen LogP contribution in [0.25, 0.3) is 0 Å². The van der Waals surface area contributed by atoms with Crippen molar-refractivity contribution in [3.8, 4) is 0 Å². The second kappa shape index (κ2) is 6.78. The highest BCUT2D eigenvalue weighted by Crippen LogP contribution is 2.19. The molecule has 94 valence electrons. The number of nitrogens with one attached hydrogen (secondary N) is 2. The molecule has 0 radical (unpaired) electrons. The summed E-state index contributed by atoms with van der Waals surface area (Å²) in [5.41, 5.74) is 0.550. The summed E-state index contributed by atoms with van der Waals surface area (Å²) in [6.07, 6.45) is 0. The van der Waals surface area contributed by atoms with E-state index in [1.807, 2.05) is 6.07 Å². The Balaban J connectivity index is 0.00000144. The number of benzene rings is 1. The highest BCUT2D eigenvalue weighted by atomic mass is 127. The van der Waals surface area contributed by atoms with Gasteiger partial charge in [-0.2, -0.15) is 0 Å². The minimum Gasteiger partial charge on any atom is -0.352 e. The number of halogens is 3. The van der Waals surface area contributed by atoms with Crippen molar-refractivity contribution in [3.05, 3.63) is 32.4 Å². The zero-order valence-corrected chi connectivity index (χ0v) is 12.7. The highest BCUT2D eigenvalue weighted by molar-refractivity contribution is 14.1. The minimum absolute atomic E-state index is 0. The maximum absolute atomic E-state index is 11.8. The van der Waals surface area contributed by atoms with Gasteiger partial charge in [0.2, 0.25) is 0 Å². The van der Waals surface area contributed by atoms with E-state index in [1.165, 1.54) is 0 Å². The first-order chi connectivity index (χ1) is 7.66. The number of hydrogen-bond donors (Lipinski definition) is 2. The molecule has 0 bridgehead atoms. The fraction of sp³-hybridized carbons (Fsp3) is 0.364. The van der Waals surface area contributed by atoms with Crippen LogP contribution < -0.4 is 10.6 Å². The normalized spacial score (nSPS) is 14.7. The molecule has 0 atom stereocenters. The molecule has 3 nitrogen and oxygen atoms in total. The van der Waals surface area contributed by atoms with Crippen LogP contribution in [0.3, 0.4) is 0 Å². The standard InChI is InChI=1S/C11H12ClIN2O.ClH/c12-10-3-8(13)1-2-9(10)11(16)15-6-7-4-14-5-7;/h1-3,7,14H,4-6H2,(H,15,16);1H. The molecule has 6 heteroatoms. The van der Waals surface area contributed by atoms with Gasteiger partial charge in [-0.25, -0.2) is 0 Å². The van der Waals surface area contributed by atoms with Gasteiger partial charge in [-0.3, -0.25) is 4.79 Å². The average molecular weight is 387 g/mol. The maximum Gasteiger partial charge on any atom is 0.252 e. The van der Waals surface area contributed by atoms with E-state index >= 15 is 0 Å². The summed E-state index contributed by atoms with van der Waals surface area (Å²) in [7, 11) is 0. The first-order valence-electron chi connectivity index (χ1n) is 5.11. The van der Waals surface area contributed by atoms with Crippen molar-refractivity contribution >= 4 is 52.5 Å². The van der Waals surface area contributed by atoms with Crippen LogP contribution in [0.1, 0.15) is 10.4 Å². The summed E-state index contributed by atoms with van der Waals surface area (Å²) in [6, 6.07) is 5.44. The Labute approximate surface area is 125 Å². The molecule has 1 aromatic rings. The number of carbonyl (C=O) groups excluding carboxylic acids is 1. The first kappa shape index (κ1) is 15.0. The Bertz CT molecular complexity index is 410. The summed E-state index contributed by atoms with van der Waals surface area (Å²) in [5.74, 6) is 0.472. The predicted octanol–water partition coefficient (Wildman–Crippen LogP) is 2.32. The van der Waals surface area contributed by atoms with Crippen LogP contribution in [0.5, 0.6) is 0 Å². The topological polar surface area (TPSA) is 41.1 Å². The third kappa shape index (κ3) is 3.98. The lowest BCUT2D eigenvalue weighted by Crippen LogP contribution is -2.48. The van der Waals surface area contributed by atoms with Crippen molar-refractivity contribution in [1.29, 1.82) is 0 Å². The van der Waals surface area contributed by atoms with Crippen molar-refractivity contribution < 1.29 is 4.79 Å². The SMILES string of the molecule is Cl.O=C(NCC1CNC1)c1ccc(I)cc1Cl. The van der Waals surface area contributed by atoms with E-state index in [0.717, 1.165) is 16.7 Å².